The van der Waals surface area contributed by atoms with E-state index < -0.39 is 17.7 Å². The van der Waals surface area contributed by atoms with E-state index in [1.807, 2.05) is 52.0 Å². The van der Waals surface area contributed by atoms with E-state index in [1.165, 1.54) is 0 Å². The lowest BCUT2D eigenvalue weighted by Gasteiger charge is -2.26. The molecule has 170 valence electrons. The zero-order chi connectivity index (χ0) is 23.4. The molecule has 2 aromatic rings. The molecule has 0 spiro atoms. The molecule has 1 atom stereocenters. The Morgan fingerprint density at radius 3 is 2.44 bits per heavy atom. The maximum absolute atomic E-state index is 13.1. The van der Waals surface area contributed by atoms with Gasteiger partial charge in [0.15, 0.2) is 0 Å². The van der Waals surface area contributed by atoms with Gasteiger partial charge in [-0.1, -0.05) is 24.3 Å². The second kappa shape index (κ2) is 10.0. The number of ketones is 1. The highest BCUT2D eigenvalue weighted by atomic mass is 16.5. The molecule has 1 aliphatic rings. The first-order chi connectivity index (χ1) is 15.3. The van der Waals surface area contributed by atoms with E-state index in [-0.39, 0.29) is 17.4 Å². The van der Waals surface area contributed by atoms with Gasteiger partial charge in [-0.3, -0.25) is 9.59 Å². The smallest absolute Gasteiger partial charge is 0.295 e. The average Bonchev–Trinajstić information content (AvgIpc) is 3.01. The predicted octanol–water partition coefficient (Wildman–Crippen LogP) is 4.55. The van der Waals surface area contributed by atoms with Gasteiger partial charge in [0.25, 0.3) is 11.7 Å². The molecule has 0 aliphatic carbocycles. The van der Waals surface area contributed by atoms with Crippen LogP contribution in [-0.4, -0.2) is 48.1 Å². The fourth-order valence-corrected chi connectivity index (χ4v) is 4.06. The summed E-state index contributed by atoms with van der Waals surface area (Å²) < 4.78 is 10.9. The Bertz CT molecular complexity index is 1040. The van der Waals surface area contributed by atoms with Crippen LogP contribution in [0.3, 0.4) is 0 Å². The second-order valence-electron chi connectivity index (χ2n) is 8.31. The standard InChI is InChI=1S/C26H31NO5/c1-16(2)32-14-8-13-27-23(20-10-7-6-9-17(20)3)22(25(29)26(27)30)24(28)19-11-12-21(31-5)18(4)15-19/h6-7,9-12,15-16,23,28H,8,13-14H2,1-5H3/b24-22+. The Kier molecular flexibility index (Phi) is 7.36. The molecule has 1 unspecified atom stereocenters. The van der Waals surface area contributed by atoms with Gasteiger partial charge in [0.2, 0.25) is 0 Å². The van der Waals surface area contributed by atoms with Gasteiger partial charge >= 0.3 is 0 Å². The van der Waals surface area contributed by atoms with Crippen LogP contribution in [0.5, 0.6) is 5.75 Å². The van der Waals surface area contributed by atoms with E-state index in [9.17, 15) is 14.7 Å². The van der Waals surface area contributed by atoms with Crippen molar-refractivity contribution in [1.82, 2.24) is 4.90 Å². The van der Waals surface area contributed by atoms with Crippen molar-refractivity contribution >= 4 is 17.4 Å². The van der Waals surface area contributed by atoms with Crippen molar-refractivity contribution in [2.45, 2.75) is 46.3 Å². The predicted molar refractivity (Wildman–Crippen MR) is 124 cm³/mol. The molecule has 1 heterocycles. The topological polar surface area (TPSA) is 76.1 Å². The molecule has 1 N–H and O–H groups in total. The zero-order valence-electron chi connectivity index (χ0n) is 19.3. The third kappa shape index (κ3) is 4.70. The Labute approximate surface area is 189 Å². The van der Waals surface area contributed by atoms with E-state index in [1.54, 1.807) is 30.2 Å². The van der Waals surface area contributed by atoms with Crippen LogP contribution < -0.4 is 4.74 Å². The molecule has 6 nitrogen and oxygen atoms in total. The number of amides is 1. The van der Waals surface area contributed by atoms with Crippen molar-refractivity contribution in [2.24, 2.45) is 0 Å². The number of likely N-dealkylation sites (tertiary alicyclic amines) is 1. The number of benzene rings is 2. The molecule has 1 fully saturated rings. The minimum Gasteiger partial charge on any atom is -0.507 e. The molecule has 0 aromatic heterocycles. The number of rotatable bonds is 8. The van der Waals surface area contributed by atoms with Gasteiger partial charge in [0.05, 0.1) is 24.8 Å². The second-order valence-corrected chi connectivity index (χ2v) is 8.31. The first kappa shape index (κ1) is 23.5. The molecule has 1 amide bonds. The normalized spacial score (nSPS) is 17.9. The number of carbonyl (C=O) groups is 2. The molecule has 0 bridgehead atoms. The van der Waals surface area contributed by atoms with Crippen LogP contribution in [0.1, 0.15) is 48.6 Å². The summed E-state index contributed by atoms with van der Waals surface area (Å²) in [6, 6.07) is 12.2. The summed E-state index contributed by atoms with van der Waals surface area (Å²) in [6.07, 6.45) is 0.686. The lowest BCUT2D eigenvalue weighted by molar-refractivity contribution is -0.140. The molecule has 1 aliphatic heterocycles. The molecule has 1 saturated heterocycles. The summed E-state index contributed by atoms with van der Waals surface area (Å²) in [5.74, 6) is -0.769. The molecular formula is C26H31NO5. The van der Waals surface area contributed by atoms with Crippen molar-refractivity contribution in [3.63, 3.8) is 0 Å². The molecule has 0 radical (unpaired) electrons. The van der Waals surface area contributed by atoms with Crippen LogP contribution in [0.25, 0.3) is 5.76 Å². The minimum absolute atomic E-state index is 0.0934. The Morgan fingerprint density at radius 2 is 1.81 bits per heavy atom. The highest BCUT2D eigenvalue weighted by molar-refractivity contribution is 6.46. The number of carbonyl (C=O) groups excluding carboxylic acids is 2. The van der Waals surface area contributed by atoms with E-state index in [2.05, 4.69) is 0 Å². The van der Waals surface area contributed by atoms with Gasteiger partial charge in [-0.25, -0.2) is 0 Å². The Hall–Kier alpha value is -3.12. The summed E-state index contributed by atoms with van der Waals surface area (Å²) in [4.78, 5) is 27.7. The highest BCUT2D eigenvalue weighted by Gasteiger charge is 2.46. The fraction of sp³-hybridized carbons (Fsp3) is 0.385. The number of nitrogens with zero attached hydrogens (tertiary/aromatic N) is 1. The molecule has 3 rings (SSSR count). The van der Waals surface area contributed by atoms with Gasteiger partial charge in [-0.15, -0.1) is 0 Å². The molecular weight excluding hydrogens is 406 g/mol. The quantitative estimate of drug-likeness (QED) is 0.284. The molecule has 2 aromatic carbocycles. The SMILES string of the molecule is COc1ccc(/C(O)=C2\C(=O)C(=O)N(CCCOC(C)C)C2c2ccccc2C)cc1C. The summed E-state index contributed by atoms with van der Waals surface area (Å²) in [6.45, 7) is 8.55. The van der Waals surface area contributed by atoms with Crippen molar-refractivity contribution in [1.29, 1.82) is 0 Å². The monoisotopic (exact) mass is 437 g/mol. The maximum atomic E-state index is 13.1. The van der Waals surface area contributed by atoms with Gasteiger partial charge in [0, 0.05) is 18.7 Å². The van der Waals surface area contributed by atoms with Crippen molar-refractivity contribution < 1.29 is 24.2 Å². The van der Waals surface area contributed by atoms with Gasteiger partial charge in [0.1, 0.15) is 11.5 Å². The first-order valence-corrected chi connectivity index (χ1v) is 10.9. The summed E-state index contributed by atoms with van der Waals surface area (Å²) in [5.41, 5.74) is 3.17. The number of methoxy groups -OCH3 is 1. The van der Waals surface area contributed by atoms with E-state index in [0.29, 0.717) is 30.9 Å². The summed E-state index contributed by atoms with van der Waals surface area (Å²) in [7, 11) is 1.58. The number of hydrogen-bond acceptors (Lipinski definition) is 5. The highest BCUT2D eigenvalue weighted by Crippen LogP contribution is 2.40. The number of hydrogen-bond donors (Lipinski definition) is 1. The third-order valence-corrected chi connectivity index (χ3v) is 5.69. The molecule has 6 heteroatoms. The zero-order valence-corrected chi connectivity index (χ0v) is 19.3. The first-order valence-electron chi connectivity index (χ1n) is 10.9. The number of Topliss-reactive ketones (excluding diaryl/α,β-unsaturated/α-hetero) is 1. The number of aryl methyl sites for hydroxylation is 2. The van der Waals surface area contributed by atoms with Crippen LogP contribution in [-0.2, 0) is 14.3 Å². The van der Waals surface area contributed by atoms with Crippen molar-refractivity contribution in [3.05, 3.63) is 70.3 Å². The largest absolute Gasteiger partial charge is 0.507 e. The summed E-state index contributed by atoms with van der Waals surface area (Å²) >= 11 is 0. The lowest BCUT2D eigenvalue weighted by Crippen LogP contribution is -2.31. The minimum atomic E-state index is -0.672. The number of aliphatic hydroxyl groups excluding tert-OH is 1. The fourth-order valence-electron chi connectivity index (χ4n) is 4.06. The van der Waals surface area contributed by atoms with Crippen LogP contribution in [0, 0.1) is 13.8 Å². The third-order valence-electron chi connectivity index (χ3n) is 5.69. The van der Waals surface area contributed by atoms with Crippen LogP contribution in [0.4, 0.5) is 0 Å². The number of ether oxygens (including phenoxy) is 2. The Balaban J connectivity index is 2.07. The van der Waals surface area contributed by atoms with Crippen LogP contribution >= 0.6 is 0 Å². The average molecular weight is 438 g/mol. The molecule has 32 heavy (non-hydrogen) atoms. The number of aliphatic hydroxyl groups is 1. The van der Waals surface area contributed by atoms with Crippen LogP contribution in [0.2, 0.25) is 0 Å². The Morgan fingerprint density at radius 1 is 1.09 bits per heavy atom. The van der Waals surface area contributed by atoms with Crippen molar-refractivity contribution in [2.75, 3.05) is 20.3 Å². The van der Waals surface area contributed by atoms with Crippen molar-refractivity contribution in [3.8, 4) is 5.75 Å². The van der Waals surface area contributed by atoms with E-state index in [4.69, 9.17) is 9.47 Å². The molecule has 0 saturated carbocycles. The van der Waals surface area contributed by atoms with Gasteiger partial charge in [-0.05, 0) is 69.0 Å². The van der Waals surface area contributed by atoms with E-state index in [0.717, 1.165) is 16.7 Å². The summed E-state index contributed by atoms with van der Waals surface area (Å²) in [5, 5.41) is 11.2. The van der Waals surface area contributed by atoms with Crippen LogP contribution in [0.15, 0.2) is 48.0 Å². The van der Waals surface area contributed by atoms with E-state index >= 15 is 0 Å². The van der Waals surface area contributed by atoms with Gasteiger partial charge in [-0.2, -0.15) is 0 Å². The lowest BCUT2D eigenvalue weighted by atomic mass is 9.92. The van der Waals surface area contributed by atoms with Gasteiger partial charge < -0.3 is 19.5 Å². The maximum Gasteiger partial charge on any atom is 0.295 e.